The van der Waals surface area contributed by atoms with Gasteiger partial charge in [0.1, 0.15) is 18.7 Å². The lowest BCUT2D eigenvalue weighted by Gasteiger charge is -2.14. The van der Waals surface area contributed by atoms with Crippen LogP contribution in [0, 0.1) is 11.8 Å². The van der Waals surface area contributed by atoms with E-state index in [1.54, 1.807) is 5.32 Å². The molecule has 0 saturated carbocycles. The van der Waals surface area contributed by atoms with E-state index in [2.05, 4.69) is 26.8 Å². The molecule has 2 aromatic rings. The minimum Gasteiger partial charge on any atom is -0.394 e. The maximum atomic E-state index is 12.2. The largest absolute Gasteiger partial charge is 0.471 e. The summed E-state index contributed by atoms with van der Waals surface area (Å²) < 4.78 is 43.6. The van der Waals surface area contributed by atoms with E-state index in [-0.39, 0.29) is 29.2 Å². The number of carbonyl (C=O) groups excluding carboxylic acids is 1. The first-order valence-electron chi connectivity index (χ1n) is 7.99. The number of nitrogens with one attached hydrogen (secondary N) is 1. The van der Waals surface area contributed by atoms with Crippen molar-refractivity contribution in [1.82, 2.24) is 24.8 Å². The number of aliphatic hydroxyl groups is 2. The van der Waals surface area contributed by atoms with Crippen LogP contribution in [0.2, 0.25) is 0 Å². The molecule has 0 bridgehead atoms. The van der Waals surface area contributed by atoms with Crippen LogP contribution in [0.4, 0.5) is 19.0 Å². The SMILES string of the molecule is Nc1ncnc2c1nc(C#CCNC(=O)C(F)(F)F)n2C1CC(O)C(CO)O1. The summed E-state index contributed by atoms with van der Waals surface area (Å²) >= 11 is 0. The van der Waals surface area contributed by atoms with Gasteiger partial charge in [-0.3, -0.25) is 9.36 Å². The number of aromatic nitrogens is 4. The van der Waals surface area contributed by atoms with Crippen LogP contribution in [0.1, 0.15) is 18.5 Å². The number of halogens is 3. The highest BCUT2D eigenvalue weighted by atomic mass is 19.4. The first kappa shape index (κ1) is 19.8. The van der Waals surface area contributed by atoms with Crippen LogP contribution in [0.15, 0.2) is 6.33 Å². The molecule has 0 aliphatic carbocycles. The van der Waals surface area contributed by atoms with Gasteiger partial charge in [0.25, 0.3) is 0 Å². The lowest BCUT2D eigenvalue weighted by molar-refractivity contribution is -0.173. The van der Waals surface area contributed by atoms with E-state index < -0.39 is 43.7 Å². The van der Waals surface area contributed by atoms with E-state index in [0.717, 1.165) is 0 Å². The van der Waals surface area contributed by atoms with Crippen molar-refractivity contribution in [3.05, 3.63) is 12.2 Å². The fourth-order valence-electron chi connectivity index (χ4n) is 2.67. The summed E-state index contributed by atoms with van der Waals surface area (Å²) in [5, 5.41) is 20.8. The number of imidazole rings is 1. The predicted octanol–water partition coefficient (Wildman–Crippen LogP) is -0.921. The summed E-state index contributed by atoms with van der Waals surface area (Å²) in [5.74, 6) is 2.88. The minimum atomic E-state index is -5.01. The Hall–Kier alpha value is -2.95. The molecule has 150 valence electrons. The number of nitrogens with zero attached hydrogens (tertiary/aromatic N) is 4. The number of alkyl halides is 3. The highest BCUT2D eigenvalue weighted by molar-refractivity contribution is 5.83. The van der Waals surface area contributed by atoms with E-state index in [1.165, 1.54) is 10.9 Å². The molecule has 3 rings (SSSR count). The molecule has 3 unspecified atom stereocenters. The number of carbonyl (C=O) groups is 1. The maximum Gasteiger partial charge on any atom is 0.471 e. The van der Waals surface area contributed by atoms with Gasteiger partial charge in [0.15, 0.2) is 22.8 Å². The number of rotatable bonds is 3. The number of ether oxygens (including phenoxy) is 1. The summed E-state index contributed by atoms with van der Waals surface area (Å²) in [7, 11) is 0. The van der Waals surface area contributed by atoms with Crippen molar-refractivity contribution in [2.75, 3.05) is 18.9 Å². The molecule has 0 aromatic carbocycles. The Balaban J connectivity index is 1.91. The Kier molecular flexibility index (Phi) is 5.36. The average Bonchev–Trinajstić information content (AvgIpc) is 3.18. The quantitative estimate of drug-likeness (QED) is 0.484. The van der Waals surface area contributed by atoms with Gasteiger partial charge in [-0.2, -0.15) is 13.2 Å². The fraction of sp³-hybridized carbons (Fsp3) is 0.467. The zero-order valence-electron chi connectivity index (χ0n) is 14.1. The number of anilines is 1. The average molecular weight is 400 g/mol. The molecule has 0 radical (unpaired) electrons. The number of nitrogens with two attached hydrogens (primary N) is 1. The standard InChI is InChI=1S/C15H15F3N6O4/c16-15(17,18)14(27)20-3-1-2-9-23-11-12(19)21-6-22-13(11)24(9)10-4-7(26)8(5-25)28-10/h6-8,10,25-26H,3-5H2,(H,20,27)(H2,19,21,22). The molecule has 5 N–H and O–H groups in total. The highest BCUT2D eigenvalue weighted by Crippen LogP contribution is 2.32. The molecule has 1 aliphatic heterocycles. The topological polar surface area (TPSA) is 148 Å². The van der Waals surface area contributed by atoms with Crippen LogP contribution in [0.3, 0.4) is 0 Å². The summed E-state index contributed by atoms with van der Waals surface area (Å²) in [5.41, 5.74) is 6.21. The number of nitrogen functional groups attached to an aromatic ring is 1. The lowest BCUT2D eigenvalue weighted by Crippen LogP contribution is -2.36. The van der Waals surface area contributed by atoms with Crippen LogP contribution in [-0.4, -0.2) is 67.2 Å². The molecule has 1 fully saturated rings. The molecule has 3 atom stereocenters. The van der Waals surface area contributed by atoms with Crippen molar-refractivity contribution in [2.24, 2.45) is 0 Å². The molecule has 10 nitrogen and oxygen atoms in total. The van der Waals surface area contributed by atoms with Crippen LogP contribution in [-0.2, 0) is 9.53 Å². The minimum absolute atomic E-state index is 0.0410. The van der Waals surface area contributed by atoms with Gasteiger partial charge in [0, 0.05) is 6.42 Å². The maximum absolute atomic E-state index is 12.2. The van der Waals surface area contributed by atoms with Gasteiger partial charge < -0.3 is 26.0 Å². The van der Waals surface area contributed by atoms with E-state index in [4.69, 9.17) is 10.5 Å². The van der Waals surface area contributed by atoms with Crippen molar-refractivity contribution in [1.29, 1.82) is 0 Å². The van der Waals surface area contributed by atoms with Gasteiger partial charge >= 0.3 is 12.1 Å². The summed E-state index contributed by atoms with van der Waals surface area (Å²) in [6.45, 7) is -0.984. The predicted molar refractivity (Wildman–Crippen MR) is 87.3 cm³/mol. The Morgan fingerprint density at radius 3 is 2.86 bits per heavy atom. The van der Waals surface area contributed by atoms with Gasteiger partial charge in [0.05, 0.1) is 19.3 Å². The third-order valence-corrected chi connectivity index (χ3v) is 3.97. The molecule has 28 heavy (non-hydrogen) atoms. The second-order valence-electron chi connectivity index (χ2n) is 5.83. The Morgan fingerprint density at radius 1 is 1.46 bits per heavy atom. The Morgan fingerprint density at radius 2 is 2.21 bits per heavy atom. The van der Waals surface area contributed by atoms with Gasteiger partial charge in [-0.15, -0.1) is 0 Å². The smallest absolute Gasteiger partial charge is 0.394 e. The number of amides is 1. The third kappa shape index (κ3) is 3.84. The van der Waals surface area contributed by atoms with E-state index in [1.807, 2.05) is 0 Å². The Labute approximate surface area is 155 Å². The normalized spacial score (nSPS) is 22.1. The van der Waals surface area contributed by atoms with Crippen molar-refractivity contribution < 1.29 is 32.9 Å². The van der Waals surface area contributed by atoms with Crippen molar-refractivity contribution in [3.63, 3.8) is 0 Å². The van der Waals surface area contributed by atoms with Crippen LogP contribution >= 0.6 is 0 Å². The van der Waals surface area contributed by atoms with Crippen molar-refractivity contribution in [2.45, 2.75) is 31.0 Å². The molecule has 0 spiro atoms. The molecule has 13 heteroatoms. The van der Waals surface area contributed by atoms with Crippen molar-refractivity contribution >= 4 is 22.9 Å². The first-order chi connectivity index (χ1) is 13.2. The van der Waals surface area contributed by atoms with E-state index in [0.29, 0.717) is 0 Å². The van der Waals surface area contributed by atoms with Crippen LogP contribution < -0.4 is 11.1 Å². The molecular formula is C15H15F3N6O4. The lowest BCUT2D eigenvalue weighted by atomic mass is 10.2. The van der Waals surface area contributed by atoms with Gasteiger partial charge in [-0.05, 0) is 5.92 Å². The second-order valence-corrected chi connectivity index (χ2v) is 5.83. The Bertz CT molecular complexity index is 951. The summed E-state index contributed by atoms with van der Waals surface area (Å²) in [4.78, 5) is 22.9. The fourth-order valence-corrected chi connectivity index (χ4v) is 2.67. The first-order valence-corrected chi connectivity index (χ1v) is 7.99. The third-order valence-electron chi connectivity index (χ3n) is 3.97. The summed E-state index contributed by atoms with van der Waals surface area (Å²) in [6, 6.07) is 0. The summed E-state index contributed by atoms with van der Waals surface area (Å²) in [6.07, 6.45) is -6.29. The van der Waals surface area contributed by atoms with Crippen LogP contribution in [0.5, 0.6) is 0 Å². The zero-order valence-corrected chi connectivity index (χ0v) is 14.1. The number of aliphatic hydroxyl groups excluding tert-OH is 2. The number of hydrogen-bond donors (Lipinski definition) is 4. The molecule has 1 saturated heterocycles. The second kappa shape index (κ2) is 7.58. The van der Waals surface area contributed by atoms with Gasteiger partial charge in [-0.1, -0.05) is 5.92 Å². The van der Waals surface area contributed by atoms with E-state index in [9.17, 15) is 28.2 Å². The number of hydrogen-bond acceptors (Lipinski definition) is 8. The van der Waals surface area contributed by atoms with Gasteiger partial charge in [-0.25, -0.2) is 15.0 Å². The highest BCUT2D eigenvalue weighted by Gasteiger charge is 2.38. The molecular weight excluding hydrogens is 385 g/mol. The van der Waals surface area contributed by atoms with Crippen LogP contribution in [0.25, 0.3) is 11.2 Å². The molecule has 1 aliphatic rings. The monoisotopic (exact) mass is 400 g/mol. The van der Waals surface area contributed by atoms with Crippen molar-refractivity contribution in [3.8, 4) is 11.8 Å². The molecule has 2 aromatic heterocycles. The zero-order chi connectivity index (χ0) is 20.5. The van der Waals surface area contributed by atoms with E-state index >= 15 is 0 Å². The van der Waals surface area contributed by atoms with Gasteiger partial charge in [0.2, 0.25) is 0 Å². The number of fused-ring (bicyclic) bond motifs is 1. The molecule has 3 heterocycles. The molecule has 1 amide bonds.